The quantitative estimate of drug-likeness (QED) is 0.891. The van der Waals surface area contributed by atoms with E-state index in [2.05, 4.69) is 5.32 Å². The molecule has 1 fully saturated rings. The first kappa shape index (κ1) is 14.5. The molecule has 0 radical (unpaired) electrons. The summed E-state index contributed by atoms with van der Waals surface area (Å²) in [5.74, 6) is 0.502. The molecule has 19 heavy (non-hydrogen) atoms. The summed E-state index contributed by atoms with van der Waals surface area (Å²) in [6.07, 6.45) is 3.72. The van der Waals surface area contributed by atoms with Gasteiger partial charge in [-0.05, 0) is 50.5 Å². The second-order valence-electron chi connectivity index (χ2n) is 6.00. The van der Waals surface area contributed by atoms with Crippen LogP contribution in [0.1, 0.15) is 44.4 Å². The third-order valence-corrected chi connectivity index (χ3v) is 5.20. The lowest BCUT2D eigenvalue weighted by atomic mass is 9.86. The number of carbonyl (C=O) groups is 1. The molecule has 1 aliphatic carbocycles. The summed E-state index contributed by atoms with van der Waals surface area (Å²) in [6, 6.07) is 3.99. The van der Waals surface area contributed by atoms with Crippen molar-refractivity contribution in [1.29, 1.82) is 0 Å². The topological polar surface area (TPSA) is 49.3 Å². The molecular formula is C15H23NO2S. The molecule has 2 N–H and O–H groups in total. The molecule has 4 heteroatoms. The van der Waals surface area contributed by atoms with Gasteiger partial charge in [0, 0.05) is 11.4 Å². The Morgan fingerprint density at radius 3 is 2.95 bits per heavy atom. The molecule has 2 atom stereocenters. The van der Waals surface area contributed by atoms with Gasteiger partial charge in [0.25, 0.3) is 0 Å². The van der Waals surface area contributed by atoms with Gasteiger partial charge in [0.05, 0.1) is 11.5 Å². The Kier molecular flexibility index (Phi) is 4.63. The van der Waals surface area contributed by atoms with Gasteiger partial charge < -0.3 is 10.4 Å². The molecule has 2 unspecified atom stereocenters. The summed E-state index contributed by atoms with van der Waals surface area (Å²) in [5, 5.41) is 14.7. The van der Waals surface area contributed by atoms with Crippen LogP contribution in [0.5, 0.6) is 0 Å². The van der Waals surface area contributed by atoms with E-state index in [0.29, 0.717) is 12.5 Å². The van der Waals surface area contributed by atoms with Crippen molar-refractivity contribution >= 4 is 17.2 Å². The first-order valence-corrected chi connectivity index (χ1v) is 7.88. The maximum atomic E-state index is 12.3. The van der Waals surface area contributed by atoms with Gasteiger partial charge in [-0.25, -0.2) is 0 Å². The number of aliphatic hydroxyl groups is 1. The molecule has 1 amide bonds. The monoisotopic (exact) mass is 281 g/mol. The highest BCUT2D eigenvalue weighted by molar-refractivity contribution is 7.10. The van der Waals surface area contributed by atoms with Gasteiger partial charge in [0.15, 0.2) is 0 Å². The molecule has 0 aliphatic heterocycles. The maximum Gasteiger partial charge on any atom is 0.230 e. The van der Waals surface area contributed by atoms with Crippen LogP contribution in [-0.2, 0) is 10.2 Å². The molecule has 1 aliphatic rings. The summed E-state index contributed by atoms with van der Waals surface area (Å²) in [6.45, 7) is 4.61. The van der Waals surface area contributed by atoms with E-state index in [1.807, 2.05) is 31.4 Å². The maximum absolute atomic E-state index is 12.3. The molecule has 0 aromatic carbocycles. The highest BCUT2D eigenvalue weighted by atomic mass is 32.1. The van der Waals surface area contributed by atoms with E-state index < -0.39 is 5.41 Å². The van der Waals surface area contributed by atoms with Crippen LogP contribution in [0, 0.1) is 5.92 Å². The van der Waals surface area contributed by atoms with E-state index in [9.17, 15) is 9.90 Å². The lowest BCUT2D eigenvalue weighted by Gasteiger charge is -2.28. The van der Waals surface area contributed by atoms with Crippen LogP contribution < -0.4 is 5.32 Å². The van der Waals surface area contributed by atoms with Crippen molar-refractivity contribution in [3.8, 4) is 0 Å². The smallest absolute Gasteiger partial charge is 0.230 e. The number of hydrogen-bond donors (Lipinski definition) is 2. The largest absolute Gasteiger partial charge is 0.393 e. The van der Waals surface area contributed by atoms with Gasteiger partial charge in [-0.15, -0.1) is 11.3 Å². The van der Waals surface area contributed by atoms with Crippen LogP contribution in [0.15, 0.2) is 17.5 Å². The van der Waals surface area contributed by atoms with Crippen LogP contribution in [0.4, 0.5) is 0 Å². The number of aliphatic hydroxyl groups excluding tert-OH is 1. The predicted octanol–water partition coefficient (Wildman–Crippen LogP) is 2.69. The lowest BCUT2D eigenvalue weighted by Crippen LogP contribution is -2.42. The Hall–Kier alpha value is -0.870. The molecule has 1 heterocycles. The number of amides is 1. The van der Waals surface area contributed by atoms with E-state index >= 15 is 0 Å². The van der Waals surface area contributed by atoms with E-state index in [1.54, 1.807) is 11.3 Å². The molecule has 106 valence electrons. The lowest BCUT2D eigenvalue weighted by molar-refractivity contribution is -0.125. The summed E-state index contributed by atoms with van der Waals surface area (Å²) in [4.78, 5) is 13.4. The predicted molar refractivity (Wildman–Crippen MR) is 78.3 cm³/mol. The molecule has 1 aromatic heterocycles. The second-order valence-corrected chi connectivity index (χ2v) is 6.95. The van der Waals surface area contributed by atoms with Crippen molar-refractivity contribution in [2.24, 2.45) is 5.92 Å². The fourth-order valence-electron chi connectivity index (χ4n) is 2.65. The third-order valence-electron chi connectivity index (χ3n) is 4.01. The minimum Gasteiger partial charge on any atom is -0.393 e. The Balaban J connectivity index is 1.87. The van der Waals surface area contributed by atoms with Gasteiger partial charge in [0.2, 0.25) is 5.91 Å². The first-order chi connectivity index (χ1) is 9.00. The number of nitrogens with one attached hydrogen (secondary N) is 1. The highest BCUT2D eigenvalue weighted by Crippen LogP contribution is 2.28. The Bertz CT molecular complexity index is 414. The fourth-order valence-corrected chi connectivity index (χ4v) is 3.50. The first-order valence-electron chi connectivity index (χ1n) is 7.00. The van der Waals surface area contributed by atoms with Crippen LogP contribution >= 0.6 is 11.3 Å². The van der Waals surface area contributed by atoms with Gasteiger partial charge in [-0.3, -0.25) is 4.79 Å². The number of hydrogen-bond acceptors (Lipinski definition) is 3. The van der Waals surface area contributed by atoms with Crippen molar-refractivity contribution in [3.05, 3.63) is 22.4 Å². The standard InChI is InChI=1S/C15H23NO2S/c1-15(2,13-7-4-8-19-13)14(18)16-10-11-5-3-6-12(17)9-11/h4,7-8,11-12,17H,3,5-6,9-10H2,1-2H3,(H,16,18). The minimum absolute atomic E-state index is 0.0787. The second kappa shape index (κ2) is 6.06. The summed E-state index contributed by atoms with van der Waals surface area (Å²) < 4.78 is 0. The van der Waals surface area contributed by atoms with Crippen molar-refractivity contribution < 1.29 is 9.90 Å². The van der Waals surface area contributed by atoms with Crippen molar-refractivity contribution in [1.82, 2.24) is 5.32 Å². The molecule has 0 bridgehead atoms. The normalized spacial score (nSPS) is 24.2. The van der Waals surface area contributed by atoms with E-state index in [4.69, 9.17) is 0 Å². The number of thiophene rings is 1. The fraction of sp³-hybridized carbons (Fsp3) is 0.667. The zero-order valence-corrected chi connectivity index (χ0v) is 12.5. The summed E-state index contributed by atoms with van der Waals surface area (Å²) in [5.41, 5.74) is -0.471. The Morgan fingerprint density at radius 2 is 2.32 bits per heavy atom. The van der Waals surface area contributed by atoms with Crippen LogP contribution in [-0.4, -0.2) is 23.7 Å². The molecule has 3 nitrogen and oxygen atoms in total. The molecule has 1 saturated carbocycles. The zero-order chi connectivity index (χ0) is 13.9. The van der Waals surface area contributed by atoms with Crippen LogP contribution in [0.3, 0.4) is 0 Å². The van der Waals surface area contributed by atoms with Crippen molar-refractivity contribution in [2.45, 2.75) is 51.0 Å². The van der Waals surface area contributed by atoms with Gasteiger partial charge in [0.1, 0.15) is 0 Å². The average Bonchev–Trinajstić information content (AvgIpc) is 2.90. The molecule has 1 aromatic rings. The van der Waals surface area contributed by atoms with Gasteiger partial charge >= 0.3 is 0 Å². The summed E-state index contributed by atoms with van der Waals surface area (Å²) in [7, 11) is 0. The average molecular weight is 281 g/mol. The Morgan fingerprint density at radius 1 is 1.53 bits per heavy atom. The molecule has 0 saturated heterocycles. The Labute approximate surface area is 119 Å². The van der Waals surface area contributed by atoms with Gasteiger partial charge in [-0.2, -0.15) is 0 Å². The van der Waals surface area contributed by atoms with Gasteiger partial charge in [-0.1, -0.05) is 12.5 Å². The van der Waals surface area contributed by atoms with E-state index in [1.165, 1.54) is 0 Å². The zero-order valence-electron chi connectivity index (χ0n) is 11.7. The molecule has 2 rings (SSSR count). The third kappa shape index (κ3) is 3.57. The van der Waals surface area contributed by atoms with Crippen LogP contribution in [0.2, 0.25) is 0 Å². The van der Waals surface area contributed by atoms with Crippen molar-refractivity contribution in [3.63, 3.8) is 0 Å². The number of rotatable bonds is 4. The van der Waals surface area contributed by atoms with Crippen molar-refractivity contribution in [2.75, 3.05) is 6.54 Å². The highest BCUT2D eigenvalue weighted by Gasteiger charge is 2.31. The SMILES string of the molecule is CC(C)(C(=O)NCC1CCCC(O)C1)c1cccs1. The summed E-state index contributed by atoms with van der Waals surface area (Å²) >= 11 is 1.62. The van der Waals surface area contributed by atoms with Crippen LogP contribution in [0.25, 0.3) is 0 Å². The van der Waals surface area contributed by atoms with E-state index in [-0.39, 0.29) is 12.0 Å². The molecule has 0 spiro atoms. The minimum atomic E-state index is -0.471. The number of carbonyl (C=O) groups excluding carboxylic acids is 1. The van der Waals surface area contributed by atoms with E-state index in [0.717, 1.165) is 30.6 Å². The molecular weight excluding hydrogens is 258 g/mol.